The van der Waals surface area contributed by atoms with Crippen LogP contribution < -0.4 is 0 Å². The lowest BCUT2D eigenvalue weighted by Gasteiger charge is -2.15. The fraction of sp³-hybridized carbons (Fsp3) is 0.118. The van der Waals surface area contributed by atoms with Crippen LogP contribution in [0.3, 0.4) is 0 Å². The van der Waals surface area contributed by atoms with Crippen LogP contribution in [0.25, 0.3) is 11.4 Å². The van der Waals surface area contributed by atoms with E-state index in [1.165, 1.54) is 17.0 Å². The highest BCUT2D eigenvalue weighted by molar-refractivity contribution is 6.42. The molecule has 0 radical (unpaired) electrons. The summed E-state index contributed by atoms with van der Waals surface area (Å²) < 4.78 is 0. The van der Waals surface area contributed by atoms with E-state index in [1.807, 2.05) is 0 Å². The number of aromatic hydroxyl groups is 1. The van der Waals surface area contributed by atoms with Crippen molar-refractivity contribution in [1.82, 2.24) is 20.1 Å². The number of halogens is 4. The molecule has 1 amide bonds. The normalized spacial score (nSPS) is 10.9. The lowest BCUT2D eigenvalue weighted by molar-refractivity contribution is 0.0773. The largest absolute Gasteiger partial charge is 0.505 e. The first kappa shape index (κ1) is 19.8. The third-order valence-electron chi connectivity index (χ3n) is 3.72. The van der Waals surface area contributed by atoms with Gasteiger partial charge in [-0.15, -0.1) is 5.10 Å². The van der Waals surface area contributed by atoms with Gasteiger partial charge in [-0.05, 0) is 29.8 Å². The van der Waals surface area contributed by atoms with Gasteiger partial charge in [-0.2, -0.15) is 0 Å². The number of nitrogens with one attached hydrogen (secondary N) is 1. The van der Waals surface area contributed by atoms with E-state index in [0.29, 0.717) is 28.0 Å². The molecule has 0 aliphatic rings. The predicted molar refractivity (Wildman–Crippen MR) is 106 cm³/mol. The molecule has 0 bridgehead atoms. The molecular weight excluding hydrogens is 434 g/mol. The summed E-state index contributed by atoms with van der Waals surface area (Å²) in [5.41, 5.74) is 1.30. The third-order valence-corrected chi connectivity index (χ3v) is 5.03. The van der Waals surface area contributed by atoms with E-state index in [9.17, 15) is 9.90 Å². The van der Waals surface area contributed by atoms with Crippen LogP contribution in [-0.4, -0.2) is 38.1 Å². The first-order valence-electron chi connectivity index (χ1n) is 7.56. The highest BCUT2D eigenvalue weighted by Crippen LogP contribution is 2.35. The Morgan fingerprint density at radius 2 is 1.74 bits per heavy atom. The summed E-state index contributed by atoms with van der Waals surface area (Å²) >= 11 is 23.7. The zero-order valence-electron chi connectivity index (χ0n) is 13.8. The van der Waals surface area contributed by atoms with Crippen LogP contribution in [0, 0.1) is 0 Å². The van der Waals surface area contributed by atoms with Crippen molar-refractivity contribution in [3.8, 4) is 17.1 Å². The maximum atomic E-state index is 12.6. The molecule has 3 aromatic rings. The molecule has 6 nitrogen and oxygen atoms in total. The van der Waals surface area contributed by atoms with E-state index >= 15 is 0 Å². The number of benzene rings is 2. The maximum absolute atomic E-state index is 12.6. The first-order chi connectivity index (χ1) is 12.8. The zero-order chi connectivity index (χ0) is 19.7. The Balaban J connectivity index is 1.79. The third kappa shape index (κ3) is 4.30. The number of phenols is 1. The molecule has 3 rings (SSSR count). The quantitative estimate of drug-likeness (QED) is 0.587. The monoisotopic (exact) mass is 444 g/mol. The summed E-state index contributed by atoms with van der Waals surface area (Å²) in [6, 6.07) is 8.08. The summed E-state index contributed by atoms with van der Waals surface area (Å²) in [6.07, 6.45) is 0. The highest BCUT2D eigenvalue weighted by Gasteiger charge is 2.19. The molecule has 0 aliphatic heterocycles. The van der Waals surface area contributed by atoms with Crippen LogP contribution >= 0.6 is 46.4 Å². The van der Waals surface area contributed by atoms with Crippen molar-refractivity contribution in [2.45, 2.75) is 6.54 Å². The molecule has 0 fully saturated rings. The Bertz CT molecular complexity index is 999. The Kier molecular flexibility index (Phi) is 5.81. The fourth-order valence-corrected chi connectivity index (χ4v) is 3.15. The Morgan fingerprint density at radius 3 is 2.37 bits per heavy atom. The second kappa shape index (κ2) is 7.94. The minimum absolute atomic E-state index is 0.0205. The second-order valence-electron chi connectivity index (χ2n) is 5.71. The summed E-state index contributed by atoms with van der Waals surface area (Å²) in [5, 5.41) is 17.2. The summed E-state index contributed by atoms with van der Waals surface area (Å²) in [5.74, 6) is -0.336. The number of aromatic amines is 1. The number of aromatic nitrogens is 3. The maximum Gasteiger partial charge on any atom is 0.293 e. The number of carbonyl (C=O) groups is 1. The molecule has 140 valence electrons. The van der Waals surface area contributed by atoms with Gasteiger partial charge >= 0.3 is 0 Å². The van der Waals surface area contributed by atoms with Crippen molar-refractivity contribution in [2.24, 2.45) is 0 Å². The number of phenolic OH excluding ortho intramolecular Hbond substituents is 1. The number of hydrogen-bond acceptors (Lipinski definition) is 4. The molecule has 2 aromatic carbocycles. The number of rotatable bonds is 4. The molecule has 0 aliphatic carbocycles. The van der Waals surface area contributed by atoms with Gasteiger partial charge in [0.05, 0.1) is 20.1 Å². The van der Waals surface area contributed by atoms with Gasteiger partial charge in [0.1, 0.15) is 0 Å². The summed E-state index contributed by atoms with van der Waals surface area (Å²) in [4.78, 5) is 18.2. The van der Waals surface area contributed by atoms with Gasteiger partial charge in [0, 0.05) is 19.2 Å². The molecule has 0 unspecified atom stereocenters. The number of amides is 1. The van der Waals surface area contributed by atoms with Gasteiger partial charge < -0.3 is 10.0 Å². The van der Waals surface area contributed by atoms with E-state index in [-0.39, 0.29) is 27.5 Å². The van der Waals surface area contributed by atoms with E-state index in [2.05, 4.69) is 15.2 Å². The summed E-state index contributed by atoms with van der Waals surface area (Å²) in [7, 11) is 1.62. The molecule has 0 atom stereocenters. The molecular formula is C17H12Cl4N4O2. The Morgan fingerprint density at radius 1 is 1.07 bits per heavy atom. The topological polar surface area (TPSA) is 82.1 Å². The van der Waals surface area contributed by atoms with E-state index in [1.54, 1.807) is 25.2 Å². The Hall–Kier alpha value is -1.99. The minimum Gasteiger partial charge on any atom is -0.505 e. The molecule has 0 saturated heterocycles. The molecule has 0 spiro atoms. The van der Waals surface area contributed by atoms with Crippen molar-refractivity contribution >= 4 is 52.3 Å². The van der Waals surface area contributed by atoms with Crippen molar-refractivity contribution < 1.29 is 9.90 Å². The van der Waals surface area contributed by atoms with Crippen molar-refractivity contribution in [3.63, 3.8) is 0 Å². The molecule has 1 heterocycles. The van der Waals surface area contributed by atoms with Crippen molar-refractivity contribution in [1.29, 1.82) is 0 Å². The molecule has 10 heteroatoms. The lowest BCUT2D eigenvalue weighted by atomic mass is 10.2. The average molecular weight is 446 g/mol. The van der Waals surface area contributed by atoms with Gasteiger partial charge in [0.25, 0.3) is 5.91 Å². The van der Waals surface area contributed by atoms with Crippen molar-refractivity contribution in [2.75, 3.05) is 7.05 Å². The van der Waals surface area contributed by atoms with E-state index < -0.39 is 0 Å². The average Bonchev–Trinajstić information content (AvgIpc) is 3.11. The molecule has 0 saturated carbocycles. The first-order valence-corrected chi connectivity index (χ1v) is 9.07. The minimum atomic E-state index is -0.389. The van der Waals surface area contributed by atoms with Gasteiger partial charge in [0.15, 0.2) is 11.6 Å². The molecule has 1 aromatic heterocycles. The number of carbonyl (C=O) groups excluding carboxylic acids is 1. The van der Waals surface area contributed by atoms with Crippen molar-refractivity contribution in [3.05, 3.63) is 61.8 Å². The van der Waals surface area contributed by atoms with Gasteiger partial charge in [0.2, 0.25) is 5.82 Å². The van der Waals surface area contributed by atoms with Crippen LogP contribution in [0.4, 0.5) is 0 Å². The smallest absolute Gasteiger partial charge is 0.293 e. The number of H-pyrrole nitrogens is 1. The standard InChI is InChI=1S/C17H12Cl4N4O2/c1-25(7-8-2-3-10(18)11(19)4-8)17(27)16-22-15(23-24-16)9-5-12(20)14(26)13(21)6-9/h2-6,26H,7H2,1H3,(H,22,23,24). The predicted octanol–water partition coefficient (Wildman–Crippen LogP) is 5.06. The Labute approximate surface area is 174 Å². The second-order valence-corrected chi connectivity index (χ2v) is 7.33. The molecule has 27 heavy (non-hydrogen) atoms. The lowest BCUT2D eigenvalue weighted by Crippen LogP contribution is -2.27. The molecule has 2 N–H and O–H groups in total. The number of hydrogen-bond donors (Lipinski definition) is 2. The van der Waals surface area contributed by atoms with Crippen LogP contribution in [0.2, 0.25) is 20.1 Å². The van der Waals surface area contributed by atoms with E-state index in [0.717, 1.165) is 5.56 Å². The number of nitrogens with zero attached hydrogens (tertiary/aromatic N) is 3. The summed E-state index contributed by atoms with van der Waals surface area (Å²) in [6.45, 7) is 0.302. The van der Waals surface area contributed by atoms with Gasteiger partial charge in [-0.3, -0.25) is 9.89 Å². The van der Waals surface area contributed by atoms with Crippen LogP contribution in [0.5, 0.6) is 5.75 Å². The van der Waals surface area contributed by atoms with Crippen LogP contribution in [0.1, 0.15) is 16.2 Å². The van der Waals surface area contributed by atoms with E-state index in [4.69, 9.17) is 46.4 Å². The van der Waals surface area contributed by atoms with Crippen LogP contribution in [-0.2, 0) is 6.54 Å². The SMILES string of the molecule is CN(Cc1ccc(Cl)c(Cl)c1)C(=O)c1n[nH]c(-c2cc(Cl)c(O)c(Cl)c2)n1. The van der Waals surface area contributed by atoms with Gasteiger partial charge in [-0.25, -0.2) is 4.98 Å². The van der Waals surface area contributed by atoms with Crippen LogP contribution in [0.15, 0.2) is 30.3 Å². The van der Waals surface area contributed by atoms with Gasteiger partial charge in [-0.1, -0.05) is 52.5 Å². The zero-order valence-corrected chi connectivity index (χ0v) is 16.8. The highest BCUT2D eigenvalue weighted by atomic mass is 35.5. The fourth-order valence-electron chi connectivity index (χ4n) is 2.34.